The first kappa shape index (κ1) is 27.9. The first-order chi connectivity index (χ1) is 16.4. The third-order valence-electron chi connectivity index (χ3n) is 9.07. The molecule has 0 amide bonds. The largest absolute Gasteiger partial charge is 0.465 e. The predicted molar refractivity (Wildman–Crippen MR) is 139 cm³/mol. The zero-order valence-corrected chi connectivity index (χ0v) is 22.3. The van der Waals surface area contributed by atoms with Gasteiger partial charge in [-0.25, -0.2) is 0 Å². The fourth-order valence-corrected chi connectivity index (χ4v) is 6.70. The van der Waals surface area contributed by atoms with Crippen molar-refractivity contribution in [2.75, 3.05) is 6.61 Å². The standard InChI is InChI=1S/C30H46O5/c1-7-35-28(34)29(4,5)27(33)15-10-19(2)24-13-14-25-21(9-8-16-30(24,25)6)11-12-22-17-23(31)18-26(32)20(22)3/h10-12,15,19,23-27,31-33H,3,7-9,13-14,16-18H2,1-2,4-6H3/b15-10+,21-11+,22-12-/t19-,23-,24-,25+,26+,27+,30-/m1/s1. The van der Waals surface area contributed by atoms with Crippen LogP contribution in [0, 0.1) is 28.6 Å². The van der Waals surface area contributed by atoms with Crippen molar-refractivity contribution in [3.05, 3.63) is 47.6 Å². The summed E-state index contributed by atoms with van der Waals surface area (Å²) < 4.78 is 5.14. The van der Waals surface area contributed by atoms with Crippen molar-refractivity contribution in [2.24, 2.45) is 28.6 Å². The fraction of sp³-hybridized carbons (Fsp3) is 0.700. The van der Waals surface area contributed by atoms with Gasteiger partial charge in [0.2, 0.25) is 0 Å². The van der Waals surface area contributed by atoms with Crippen LogP contribution in [0.1, 0.15) is 79.6 Å². The van der Waals surface area contributed by atoms with Crippen LogP contribution in [0.2, 0.25) is 0 Å². The van der Waals surface area contributed by atoms with Crippen LogP contribution in [-0.2, 0) is 9.53 Å². The van der Waals surface area contributed by atoms with E-state index in [4.69, 9.17) is 4.74 Å². The summed E-state index contributed by atoms with van der Waals surface area (Å²) in [7, 11) is 0. The Morgan fingerprint density at radius 3 is 2.66 bits per heavy atom. The Morgan fingerprint density at radius 1 is 1.26 bits per heavy atom. The highest BCUT2D eigenvalue weighted by Crippen LogP contribution is 2.59. The second-order valence-corrected chi connectivity index (χ2v) is 11.8. The van der Waals surface area contributed by atoms with Crippen LogP contribution < -0.4 is 0 Å². The molecule has 0 bridgehead atoms. The van der Waals surface area contributed by atoms with E-state index in [9.17, 15) is 20.1 Å². The Hall–Kier alpha value is -1.69. The molecule has 0 radical (unpaired) electrons. The molecule has 0 unspecified atom stereocenters. The van der Waals surface area contributed by atoms with Gasteiger partial charge >= 0.3 is 5.97 Å². The molecule has 3 aliphatic rings. The minimum absolute atomic E-state index is 0.191. The maximum absolute atomic E-state index is 12.3. The van der Waals surface area contributed by atoms with Gasteiger partial charge in [0.05, 0.1) is 30.3 Å². The lowest BCUT2D eigenvalue weighted by atomic mass is 9.61. The number of hydrogen-bond acceptors (Lipinski definition) is 5. The number of carbonyl (C=O) groups excluding carboxylic acids is 1. The number of carbonyl (C=O) groups is 1. The predicted octanol–water partition coefficient (Wildman–Crippen LogP) is 5.27. The average Bonchev–Trinajstić information content (AvgIpc) is 3.16. The van der Waals surface area contributed by atoms with Gasteiger partial charge in [0.1, 0.15) is 0 Å². The molecule has 3 N–H and O–H groups in total. The van der Waals surface area contributed by atoms with E-state index in [0.29, 0.717) is 37.2 Å². The smallest absolute Gasteiger partial charge is 0.314 e. The molecule has 7 atom stereocenters. The molecule has 0 saturated heterocycles. The first-order valence-electron chi connectivity index (χ1n) is 13.4. The molecule has 5 heteroatoms. The Balaban J connectivity index is 1.73. The molecule has 0 heterocycles. The lowest BCUT2D eigenvalue weighted by Crippen LogP contribution is -2.38. The minimum atomic E-state index is -0.979. The van der Waals surface area contributed by atoms with Crippen LogP contribution in [0.5, 0.6) is 0 Å². The third kappa shape index (κ3) is 5.84. The molecule has 196 valence electrons. The van der Waals surface area contributed by atoms with Crippen molar-refractivity contribution >= 4 is 5.97 Å². The van der Waals surface area contributed by atoms with Crippen molar-refractivity contribution in [3.8, 4) is 0 Å². The van der Waals surface area contributed by atoms with Crippen molar-refractivity contribution in [1.82, 2.24) is 0 Å². The zero-order valence-electron chi connectivity index (χ0n) is 22.3. The number of hydrogen-bond donors (Lipinski definition) is 3. The van der Waals surface area contributed by atoms with Crippen LogP contribution in [-0.4, -0.2) is 46.2 Å². The molecular weight excluding hydrogens is 440 g/mol. The number of aliphatic hydroxyl groups is 3. The topological polar surface area (TPSA) is 87.0 Å². The zero-order chi connectivity index (χ0) is 26.0. The molecule has 3 rings (SSSR count). The van der Waals surface area contributed by atoms with Crippen molar-refractivity contribution in [2.45, 2.75) is 97.9 Å². The van der Waals surface area contributed by atoms with Gasteiger partial charge in [-0.3, -0.25) is 4.79 Å². The number of aliphatic hydroxyl groups excluding tert-OH is 3. The first-order valence-corrected chi connectivity index (χ1v) is 13.4. The van der Waals surface area contributed by atoms with E-state index in [1.807, 2.05) is 0 Å². The number of rotatable bonds is 7. The normalized spacial score (nSPS) is 35.9. The highest BCUT2D eigenvalue weighted by atomic mass is 16.5. The third-order valence-corrected chi connectivity index (χ3v) is 9.07. The van der Waals surface area contributed by atoms with E-state index < -0.39 is 23.7 Å². The molecule has 5 nitrogen and oxygen atoms in total. The average molecular weight is 487 g/mol. The SMILES string of the molecule is C=C1/C(=C\C=C2/CCC[C@]3(C)[C@@H]([C@H](C)/C=C/[C@H](O)C(C)(C)C(=O)OCC)CC[C@@H]23)C[C@@H](O)C[C@@H]1O. The van der Waals surface area contributed by atoms with Crippen molar-refractivity contribution in [1.29, 1.82) is 0 Å². The number of ether oxygens (including phenoxy) is 1. The molecule has 3 fully saturated rings. The fourth-order valence-electron chi connectivity index (χ4n) is 6.70. The number of fused-ring (bicyclic) bond motifs is 1. The summed E-state index contributed by atoms with van der Waals surface area (Å²) in [6.45, 7) is 14.2. The van der Waals surface area contributed by atoms with Gasteiger partial charge in [0.25, 0.3) is 0 Å². The number of esters is 1. The van der Waals surface area contributed by atoms with Gasteiger partial charge in [0, 0.05) is 6.42 Å². The lowest BCUT2D eigenvalue weighted by Gasteiger charge is -2.44. The maximum atomic E-state index is 12.3. The lowest BCUT2D eigenvalue weighted by molar-refractivity contribution is -0.158. The Morgan fingerprint density at radius 2 is 1.97 bits per heavy atom. The molecule has 0 aromatic heterocycles. The van der Waals surface area contributed by atoms with Crippen LogP contribution in [0.15, 0.2) is 47.6 Å². The summed E-state index contributed by atoms with van der Waals surface area (Å²) >= 11 is 0. The van der Waals surface area contributed by atoms with E-state index in [1.54, 1.807) is 26.8 Å². The van der Waals surface area contributed by atoms with Crippen LogP contribution in [0.3, 0.4) is 0 Å². The van der Waals surface area contributed by atoms with Crippen LogP contribution >= 0.6 is 0 Å². The van der Waals surface area contributed by atoms with E-state index in [1.165, 1.54) is 12.0 Å². The molecule has 3 aliphatic carbocycles. The van der Waals surface area contributed by atoms with E-state index in [0.717, 1.165) is 36.8 Å². The van der Waals surface area contributed by atoms with Crippen LogP contribution in [0.25, 0.3) is 0 Å². The van der Waals surface area contributed by atoms with Crippen LogP contribution in [0.4, 0.5) is 0 Å². The highest BCUT2D eigenvalue weighted by molar-refractivity contribution is 5.77. The highest BCUT2D eigenvalue weighted by Gasteiger charge is 2.50. The second kappa shape index (κ2) is 11.1. The Labute approximate surface area is 211 Å². The summed E-state index contributed by atoms with van der Waals surface area (Å²) in [6, 6.07) is 0. The summed E-state index contributed by atoms with van der Waals surface area (Å²) in [6.07, 6.45) is 12.8. The Kier molecular flexibility index (Phi) is 8.88. The molecule has 3 saturated carbocycles. The molecule has 0 aromatic rings. The van der Waals surface area contributed by atoms with E-state index in [-0.39, 0.29) is 11.4 Å². The molecular formula is C30H46O5. The van der Waals surface area contributed by atoms with Gasteiger partial charge in [-0.05, 0) is 93.6 Å². The summed E-state index contributed by atoms with van der Waals surface area (Å²) in [4.78, 5) is 12.3. The minimum Gasteiger partial charge on any atom is -0.465 e. The van der Waals surface area contributed by atoms with Gasteiger partial charge in [-0.15, -0.1) is 0 Å². The van der Waals surface area contributed by atoms with E-state index >= 15 is 0 Å². The monoisotopic (exact) mass is 486 g/mol. The molecule has 0 aromatic carbocycles. The summed E-state index contributed by atoms with van der Waals surface area (Å²) in [5, 5.41) is 31.0. The Bertz CT molecular complexity index is 881. The second-order valence-electron chi connectivity index (χ2n) is 11.8. The molecule has 35 heavy (non-hydrogen) atoms. The van der Waals surface area contributed by atoms with Crippen molar-refractivity contribution < 1.29 is 24.9 Å². The van der Waals surface area contributed by atoms with Gasteiger partial charge in [0.15, 0.2) is 0 Å². The van der Waals surface area contributed by atoms with Gasteiger partial charge in [-0.2, -0.15) is 0 Å². The van der Waals surface area contributed by atoms with Gasteiger partial charge < -0.3 is 20.1 Å². The van der Waals surface area contributed by atoms with Gasteiger partial charge in [-0.1, -0.05) is 50.3 Å². The van der Waals surface area contributed by atoms with Crippen molar-refractivity contribution in [3.63, 3.8) is 0 Å². The maximum Gasteiger partial charge on any atom is 0.314 e. The molecule has 0 spiro atoms. The summed E-state index contributed by atoms with van der Waals surface area (Å²) in [5.41, 5.74) is 2.37. The quantitative estimate of drug-likeness (QED) is 0.337. The summed E-state index contributed by atoms with van der Waals surface area (Å²) in [5.74, 6) is 0.932. The van der Waals surface area contributed by atoms with E-state index in [2.05, 4.69) is 38.7 Å². The molecule has 0 aliphatic heterocycles. The number of allylic oxidation sites excluding steroid dienone is 4.